The Morgan fingerprint density at radius 2 is 2.38 bits per heavy atom. The van der Waals surface area contributed by atoms with Crippen molar-refractivity contribution in [3.63, 3.8) is 0 Å². The second kappa shape index (κ2) is 4.88. The molecule has 1 heterocycles. The van der Waals surface area contributed by atoms with Crippen molar-refractivity contribution in [3.8, 4) is 0 Å². The molecule has 1 aliphatic rings. The molecule has 1 aliphatic heterocycles. The van der Waals surface area contributed by atoms with E-state index < -0.39 is 0 Å². The van der Waals surface area contributed by atoms with Crippen LogP contribution in [0.15, 0.2) is 11.1 Å². The number of nitrogens with one attached hydrogen (secondary N) is 1. The fraction of sp³-hybridized carbons (Fsp3) is 0.778. The van der Waals surface area contributed by atoms with Crippen molar-refractivity contribution in [1.82, 2.24) is 10.3 Å². The first-order valence-electron chi connectivity index (χ1n) is 4.66. The molecule has 76 valence electrons. The Bertz CT molecular complexity index is 189. The van der Waals surface area contributed by atoms with Crippen LogP contribution in [0.1, 0.15) is 20.3 Å². The molecule has 1 unspecified atom stereocenters. The highest BCUT2D eigenvalue weighted by molar-refractivity contribution is 8.02. The summed E-state index contributed by atoms with van der Waals surface area (Å²) in [5.41, 5.74) is 1.32. The van der Waals surface area contributed by atoms with Gasteiger partial charge in [-0.25, -0.2) is 5.01 Å². The predicted molar refractivity (Wildman–Crippen MR) is 58.9 cm³/mol. The lowest BCUT2D eigenvalue weighted by molar-refractivity contribution is 0.349. The van der Waals surface area contributed by atoms with Crippen LogP contribution in [0.3, 0.4) is 0 Å². The van der Waals surface area contributed by atoms with E-state index in [0.717, 1.165) is 13.0 Å². The smallest absolute Gasteiger partial charge is 0.0784 e. The van der Waals surface area contributed by atoms with E-state index in [1.807, 2.05) is 18.8 Å². The van der Waals surface area contributed by atoms with Crippen LogP contribution in [0, 0.1) is 5.92 Å². The van der Waals surface area contributed by atoms with Crippen LogP contribution in [-0.2, 0) is 0 Å². The molecule has 13 heavy (non-hydrogen) atoms. The molecule has 3 nitrogen and oxygen atoms in total. The van der Waals surface area contributed by atoms with Crippen LogP contribution in [0.25, 0.3) is 0 Å². The molecule has 0 fully saturated rings. The summed E-state index contributed by atoms with van der Waals surface area (Å²) in [6.45, 7) is 5.37. The lowest BCUT2D eigenvalue weighted by atomic mass is 10.2. The molecule has 0 amide bonds. The maximum absolute atomic E-state index is 5.54. The highest BCUT2D eigenvalue weighted by Crippen LogP contribution is 2.27. The molecule has 0 bridgehead atoms. The van der Waals surface area contributed by atoms with E-state index in [2.05, 4.69) is 24.6 Å². The van der Waals surface area contributed by atoms with Crippen LogP contribution >= 0.6 is 11.8 Å². The molecule has 0 saturated carbocycles. The highest BCUT2D eigenvalue weighted by atomic mass is 32.2. The van der Waals surface area contributed by atoms with E-state index in [-0.39, 0.29) is 0 Å². The summed E-state index contributed by atoms with van der Waals surface area (Å²) in [6.07, 6.45) is 1.02. The van der Waals surface area contributed by atoms with Crippen LogP contribution in [-0.4, -0.2) is 24.0 Å². The van der Waals surface area contributed by atoms with E-state index >= 15 is 0 Å². The standard InChI is InChI=1S/C9H19N3S/c1-7(2)9-11-8(6-13-9)4-5-12(3)10/h6-7,9,11H,4-5,10H2,1-3H3. The van der Waals surface area contributed by atoms with Crippen molar-refractivity contribution < 1.29 is 0 Å². The Hall–Kier alpha value is -0.190. The van der Waals surface area contributed by atoms with E-state index in [0.29, 0.717) is 11.3 Å². The molecule has 0 aromatic carbocycles. The van der Waals surface area contributed by atoms with E-state index in [1.165, 1.54) is 5.70 Å². The zero-order valence-corrected chi connectivity index (χ0v) is 9.40. The SMILES string of the molecule is CC(C)C1NC(CCN(C)N)=CS1. The lowest BCUT2D eigenvalue weighted by Crippen LogP contribution is -2.30. The zero-order chi connectivity index (χ0) is 9.84. The van der Waals surface area contributed by atoms with Crippen LogP contribution in [0.5, 0.6) is 0 Å². The maximum atomic E-state index is 5.54. The lowest BCUT2D eigenvalue weighted by Gasteiger charge is -2.17. The number of hydrogen-bond donors (Lipinski definition) is 2. The average Bonchev–Trinajstić information content (AvgIpc) is 2.48. The van der Waals surface area contributed by atoms with Gasteiger partial charge < -0.3 is 5.32 Å². The Morgan fingerprint density at radius 1 is 1.69 bits per heavy atom. The fourth-order valence-electron chi connectivity index (χ4n) is 1.16. The van der Waals surface area contributed by atoms with Gasteiger partial charge >= 0.3 is 0 Å². The number of hydrazine groups is 1. The molecule has 1 rings (SSSR count). The van der Waals surface area contributed by atoms with Crippen molar-refractivity contribution in [2.45, 2.75) is 25.6 Å². The Morgan fingerprint density at radius 3 is 2.85 bits per heavy atom. The van der Waals surface area contributed by atoms with Gasteiger partial charge in [0.15, 0.2) is 0 Å². The highest BCUT2D eigenvalue weighted by Gasteiger charge is 2.18. The van der Waals surface area contributed by atoms with Gasteiger partial charge in [-0.3, -0.25) is 5.84 Å². The van der Waals surface area contributed by atoms with Gasteiger partial charge in [0.2, 0.25) is 0 Å². The third kappa shape index (κ3) is 3.58. The summed E-state index contributed by atoms with van der Waals surface area (Å²) in [7, 11) is 1.89. The number of thioether (sulfide) groups is 1. The third-order valence-electron chi connectivity index (χ3n) is 2.02. The summed E-state index contributed by atoms with van der Waals surface area (Å²) in [5.74, 6) is 6.21. The summed E-state index contributed by atoms with van der Waals surface area (Å²) in [4.78, 5) is 0. The van der Waals surface area contributed by atoms with Crippen LogP contribution in [0.4, 0.5) is 0 Å². The monoisotopic (exact) mass is 201 g/mol. The molecular weight excluding hydrogens is 182 g/mol. The van der Waals surface area contributed by atoms with Gasteiger partial charge in [0, 0.05) is 25.7 Å². The van der Waals surface area contributed by atoms with E-state index in [4.69, 9.17) is 5.84 Å². The van der Waals surface area contributed by atoms with Gasteiger partial charge in [0.25, 0.3) is 0 Å². The van der Waals surface area contributed by atoms with Crippen molar-refractivity contribution >= 4 is 11.8 Å². The molecule has 0 radical (unpaired) electrons. The third-order valence-corrected chi connectivity index (χ3v) is 3.40. The predicted octanol–water partition coefficient (Wildman–Crippen LogP) is 1.34. The maximum Gasteiger partial charge on any atom is 0.0784 e. The van der Waals surface area contributed by atoms with Crippen molar-refractivity contribution in [1.29, 1.82) is 0 Å². The second-order valence-electron chi connectivity index (χ2n) is 3.82. The number of nitrogens with zero attached hydrogens (tertiary/aromatic N) is 1. The molecule has 0 aromatic rings. The van der Waals surface area contributed by atoms with Gasteiger partial charge in [-0.1, -0.05) is 13.8 Å². The minimum atomic E-state index is 0.554. The first-order valence-corrected chi connectivity index (χ1v) is 5.60. The summed E-state index contributed by atoms with van der Waals surface area (Å²) >= 11 is 1.88. The molecule has 3 N–H and O–H groups in total. The number of hydrogen-bond acceptors (Lipinski definition) is 4. The summed E-state index contributed by atoms with van der Waals surface area (Å²) in [6, 6.07) is 0. The van der Waals surface area contributed by atoms with Gasteiger partial charge in [-0.15, -0.1) is 11.8 Å². The van der Waals surface area contributed by atoms with Crippen molar-refractivity contribution in [2.75, 3.05) is 13.6 Å². The molecular formula is C9H19N3S. The molecule has 0 aliphatic carbocycles. The minimum Gasteiger partial charge on any atom is -0.376 e. The van der Waals surface area contributed by atoms with E-state index in [9.17, 15) is 0 Å². The molecule has 0 aromatic heterocycles. The summed E-state index contributed by atoms with van der Waals surface area (Å²) < 4.78 is 0. The normalized spacial score (nSPS) is 22.3. The van der Waals surface area contributed by atoms with Gasteiger partial charge in [-0.05, 0) is 11.3 Å². The second-order valence-corrected chi connectivity index (χ2v) is 4.83. The fourth-order valence-corrected chi connectivity index (χ4v) is 2.19. The number of rotatable bonds is 4. The topological polar surface area (TPSA) is 41.3 Å². The molecule has 0 saturated heterocycles. The van der Waals surface area contributed by atoms with Gasteiger partial charge in [0.1, 0.15) is 0 Å². The van der Waals surface area contributed by atoms with Crippen molar-refractivity contribution in [3.05, 3.63) is 11.1 Å². The molecule has 4 heteroatoms. The first kappa shape index (κ1) is 10.9. The largest absolute Gasteiger partial charge is 0.376 e. The van der Waals surface area contributed by atoms with Crippen LogP contribution in [0.2, 0.25) is 0 Å². The van der Waals surface area contributed by atoms with Gasteiger partial charge in [-0.2, -0.15) is 0 Å². The molecule has 1 atom stereocenters. The minimum absolute atomic E-state index is 0.554. The van der Waals surface area contributed by atoms with E-state index in [1.54, 1.807) is 5.01 Å². The number of nitrogens with two attached hydrogens (primary N) is 1. The zero-order valence-electron chi connectivity index (χ0n) is 8.58. The van der Waals surface area contributed by atoms with Crippen molar-refractivity contribution in [2.24, 2.45) is 11.8 Å². The Balaban J connectivity index is 2.24. The van der Waals surface area contributed by atoms with Crippen LogP contribution < -0.4 is 11.2 Å². The summed E-state index contributed by atoms with van der Waals surface area (Å²) in [5, 5.41) is 7.98. The van der Waals surface area contributed by atoms with Gasteiger partial charge in [0.05, 0.1) is 5.37 Å². The first-order chi connectivity index (χ1) is 6.09. The average molecular weight is 201 g/mol. The quantitative estimate of drug-likeness (QED) is 0.532. The Labute approximate surface area is 84.7 Å². The Kier molecular flexibility index (Phi) is 4.09. The molecule has 0 spiro atoms.